The van der Waals surface area contributed by atoms with Gasteiger partial charge >= 0.3 is 0 Å². The van der Waals surface area contributed by atoms with Gasteiger partial charge in [-0.15, -0.1) is 0 Å². The van der Waals surface area contributed by atoms with Crippen LogP contribution >= 0.6 is 0 Å². The topological polar surface area (TPSA) is 58.6 Å². The number of amides is 2. The van der Waals surface area contributed by atoms with Gasteiger partial charge in [0.25, 0.3) is 5.91 Å². The summed E-state index contributed by atoms with van der Waals surface area (Å²) in [6.07, 6.45) is 0. The van der Waals surface area contributed by atoms with Crippen molar-refractivity contribution in [2.75, 3.05) is 19.5 Å². The molecule has 1 N–H and O–H groups in total. The van der Waals surface area contributed by atoms with Crippen LogP contribution in [0.15, 0.2) is 18.2 Å². The number of hydrogen-bond donors (Lipinski definition) is 1. The zero-order valence-electron chi connectivity index (χ0n) is 10.4. The van der Waals surface area contributed by atoms with Crippen LogP contribution in [0, 0.1) is 6.92 Å². The van der Waals surface area contributed by atoms with E-state index in [1.165, 1.54) is 21.1 Å². The van der Waals surface area contributed by atoms with Crippen molar-refractivity contribution >= 4 is 17.5 Å². The Hall–Kier alpha value is -1.88. The van der Waals surface area contributed by atoms with Crippen molar-refractivity contribution in [3.05, 3.63) is 29.3 Å². The molecule has 1 aromatic carbocycles. The molecule has 0 aromatic heterocycles. The Labute approximate surface area is 100 Å². The standard InChI is InChI=1S/C12H16N2O3/c1-8-5-10(12(16)14(3)17-4)7-11(6-8)13-9(2)15/h5-7H,1-4H3,(H,13,15). The van der Waals surface area contributed by atoms with Crippen LogP contribution in [0.1, 0.15) is 22.8 Å². The van der Waals surface area contributed by atoms with Crippen LogP contribution in [0.25, 0.3) is 0 Å². The fourth-order valence-corrected chi connectivity index (χ4v) is 1.45. The van der Waals surface area contributed by atoms with Gasteiger partial charge in [0.05, 0.1) is 7.11 Å². The molecule has 0 unspecified atom stereocenters. The summed E-state index contributed by atoms with van der Waals surface area (Å²) in [5, 5.41) is 3.78. The molecule has 0 heterocycles. The minimum absolute atomic E-state index is 0.172. The number of hydrogen-bond acceptors (Lipinski definition) is 3. The first-order valence-corrected chi connectivity index (χ1v) is 5.15. The molecule has 1 aromatic rings. The van der Waals surface area contributed by atoms with E-state index in [1.807, 2.05) is 6.92 Å². The lowest BCUT2D eigenvalue weighted by molar-refractivity contribution is -0.114. The van der Waals surface area contributed by atoms with Gasteiger partial charge in [0.15, 0.2) is 0 Å². The lowest BCUT2D eigenvalue weighted by Crippen LogP contribution is -2.25. The van der Waals surface area contributed by atoms with Crippen LogP contribution in [0.3, 0.4) is 0 Å². The summed E-state index contributed by atoms with van der Waals surface area (Å²) >= 11 is 0. The third-order valence-electron chi connectivity index (χ3n) is 2.20. The molecule has 0 saturated carbocycles. The van der Waals surface area contributed by atoms with Gasteiger partial charge in [0.1, 0.15) is 0 Å². The van der Waals surface area contributed by atoms with Gasteiger partial charge < -0.3 is 5.32 Å². The molecule has 17 heavy (non-hydrogen) atoms. The summed E-state index contributed by atoms with van der Waals surface area (Å²) in [4.78, 5) is 27.6. The van der Waals surface area contributed by atoms with Gasteiger partial charge in [-0.05, 0) is 30.7 Å². The van der Waals surface area contributed by atoms with Crippen molar-refractivity contribution in [3.63, 3.8) is 0 Å². The SMILES string of the molecule is CON(C)C(=O)c1cc(C)cc(NC(C)=O)c1. The Morgan fingerprint density at radius 2 is 1.94 bits per heavy atom. The summed E-state index contributed by atoms with van der Waals surface area (Å²) in [6, 6.07) is 5.15. The number of hydroxylamine groups is 2. The maximum Gasteiger partial charge on any atom is 0.277 e. The summed E-state index contributed by atoms with van der Waals surface area (Å²) in [5.41, 5.74) is 1.97. The quantitative estimate of drug-likeness (QED) is 0.811. The Kier molecular flexibility index (Phi) is 4.23. The largest absolute Gasteiger partial charge is 0.326 e. The van der Waals surface area contributed by atoms with Gasteiger partial charge in [-0.1, -0.05) is 0 Å². The van der Waals surface area contributed by atoms with Gasteiger partial charge in [-0.3, -0.25) is 14.4 Å². The van der Waals surface area contributed by atoms with Gasteiger partial charge in [-0.2, -0.15) is 0 Å². The van der Waals surface area contributed by atoms with E-state index < -0.39 is 0 Å². The molecule has 0 aliphatic heterocycles. The van der Waals surface area contributed by atoms with Crippen LogP contribution in [0.2, 0.25) is 0 Å². The number of nitrogens with zero attached hydrogens (tertiary/aromatic N) is 1. The highest BCUT2D eigenvalue weighted by atomic mass is 16.7. The summed E-state index contributed by atoms with van der Waals surface area (Å²) < 4.78 is 0. The van der Waals surface area contributed by atoms with E-state index in [4.69, 9.17) is 4.84 Å². The van der Waals surface area contributed by atoms with Gasteiger partial charge in [0.2, 0.25) is 5.91 Å². The summed E-state index contributed by atoms with van der Waals surface area (Å²) in [5.74, 6) is -0.433. The second-order valence-corrected chi connectivity index (χ2v) is 3.75. The monoisotopic (exact) mass is 236 g/mol. The van der Waals surface area contributed by atoms with Crippen LogP contribution < -0.4 is 5.32 Å². The number of aryl methyl sites for hydroxylation is 1. The lowest BCUT2D eigenvalue weighted by Gasteiger charge is -2.14. The second-order valence-electron chi connectivity index (χ2n) is 3.75. The summed E-state index contributed by atoms with van der Waals surface area (Å²) in [7, 11) is 2.95. The molecule has 5 nitrogen and oxygen atoms in total. The lowest BCUT2D eigenvalue weighted by atomic mass is 10.1. The number of rotatable bonds is 3. The van der Waals surface area contributed by atoms with E-state index in [0.29, 0.717) is 11.3 Å². The Balaban J connectivity index is 3.04. The molecule has 0 saturated heterocycles. The average Bonchev–Trinajstić information content (AvgIpc) is 2.25. The van der Waals surface area contributed by atoms with Crippen molar-refractivity contribution in [2.24, 2.45) is 0 Å². The first-order chi connectivity index (χ1) is 7.93. The molecule has 0 aliphatic carbocycles. The number of nitrogens with one attached hydrogen (secondary N) is 1. The van der Waals surface area contributed by atoms with Crippen molar-refractivity contribution < 1.29 is 14.4 Å². The fourth-order valence-electron chi connectivity index (χ4n) is 1.45. The molecular weight excluding hydrogens is 220 g/mol. The first kappa shape index (κ1) is 13.2. The molecule has 1 rings (SSSR count). The second kappa shape index (κ2) is 5.45. The highest BCUT2D eigenvalue weighted by molar-refractivity contribution is 5.96. The van der Waals surface area contributed by atoms with Crippen LogP contribution in [-0.4, -0.2) is 31.0 Å². The fraction of sp³-hybridized carbons (Fsp3) is 0.333. The number of benzene rings is 1. The maximum absolute atomic E-state index is 11.9. The molecule has 0 fully saturated rings. The zero-order chi connectivity index (χ0) is 13.0. The van der Waals surface area contributed by atoms with Crippen LogP contribution in [0.5, 0.6) is 0 Å². The molecule has 0 bridgehead atoms. The predicted molar refractivity (Wildman–Crippen MR) is 64.6 cm³/mol. The molecule has 0 atom stereocenters. The first-order valence-electron chi connectivity index (χ1n) is 5.15. The molecule has 5 heteroatoms. The molecule has 0 radical (unpaired) electrons. The minimum Gasteiger partial charge on any atom is -0.326 e. The highest BCUT2D eigenvalue weighted by Gasteiger charge is 2.12. The smallest absolute Gasteiger partial charge is 0.277 e. The Morgan fingerprint density at radius 1 is 1.29 bits per heavy atom. The van der Waals surface area contributed by atoms with Crippen molar-refractivity contribution in [1.82, 2.24) is 5.06 Å². The third-order valence-corrected chi connectivity index (χ3v) is 2.20. The van der Waals surface area contributed by atoms with Crippen LogP contribution in [-0.2, 0) is 9.63 Å². The molecular formula is C12H16N2O3. The average molecular weight is 236 g/mol. The number of carbonyl (C=O) groups excluding carboxylic acids is 2. The number of anilines is 1. The molecule has 0 spiro atoms. The van der Waals surface area contributed by atoms with Crippen molar-refractivity contribution in [1.29, 1.82) is 0 Å². The minimum atomic E-state index is -0.261. The maximum atomic E-state index is 11.9. The van der Waals surface area contributed by atoms with Gasteiger partial charge in [0, 0.05) is 25.2 Å². The van der Waals surface area contributed by atoms with E-state index in [1.54, 1.807) is 18.2 Å². The van der Waals surface area contributed by atoms with Crippen molar-refractivity contribution in [3.8, 4) is 0 Å². The predicted octanol–water partition coefficient (Wildman–Crippen LogP) is 1.59. The third kappa shape index (κ3) is 3.57. The Morgan fingerprint density at radius 3 is 2.47 bits per heavy atom. The summed E-state index contributed by atoms with van der Waals surface area (Å²) in [6.45, 7) is 3.28. The van der Waals surface area contributed by atoms with Crippen LogP contribution in [0.4, 0.5) is 5.69 Å². The highest BCUT2D eigenvalue weighted by Crippen LogP contribution is 2.16. The van der Waals surface area contributed by atoms with E-state index in [9.17, 15) is 9.59 Å². The van der Waals surface area contributed by atoms with Gasteiger partial charge in [-0.25, -0.2) is 5.06 Å². The van der Waals surface area contributed by atoms with E-state index in [2.05, 4.69) is 5.32 Å². The molecule has 2 amide bonds. The van der Waals surface area contributed by atoms with E-state index >= 15 is 0 Å². The zero-order valence-corrected chi connectivity index (χ0v) is 10.4. The normalized spacial score (nSPS) is 9.88. The molecule has 92 valence electrons. The van der Waals surface area contributed by atoms with E-state index in [-0.39, 0.29) is 11.8 Å². The Bertz CT molecular complexity index is 443. The molecule has 0 aliphatic rings. The van der Waals surface area contributed by atoms with E-state index in [0.717, 1.165) is 10.6 Å². The van der Waals surface area contributed by atoms with Crippen molar-refractivity contribution in [2.45, 2.75) is 13.8 Å². The number of carbonyl (C=O) groups is 2.